The van der Waals surface area contributed by atoms with E-state index in [1.54, 1.807) is 0 Å². The molecule has 0 radical (unpaired) electrons. The van der Waals surface area contributed by atoms with E-state index in [2.05, 4.69) is 38.7 Å². The smallest absolute Gasteiger partial charge is 0.0299 e. The van der Waals surface area contributed by atoms with Crippen molar-refractivity contribution < 1.29 is 0 Å². The topological polar surface area (TPSA) is 12.9 Å². The highest BCUT2D eigenvalue weighted by molar-refractivity contribution is 5.09. The van der Waals surface area contributed by atoms with Crippen LogP contribution < -0.4 is 0 Å². The van der Waals surface area contributed by atoms with Crippen molar-refractivity contribution in [3.8, 4) is 0 Å². The molecule has 1 unspecified atom stereocenters. The van der Waals surface area contributed by atoms with E-state index in [0.29, 0.717) is 11.3 Å². The summed E-state index contributed by atoms with van der Waals surface area (Å²) in [6.07, 6.45) is 6.17. The molecule has 0 amide bonds. The first-order valence-corrected chi connectivity index (χ1v) is 5.45. The molecule has 0 saturated heterocycles. The summed E-state index contributed by atoms with van der Waals surface area (Å²) in [5.41, 5.74) is 1.78. The van der Waals surface area contributed by atoms with Gasteiger partial charge in [0.1, 0.15) is 0 Å². The van der Waals surface area contributed by atoms with Gasteiger partial charge in [0.05, 0.1) is 0 Å². The predicted octanol–water partition coefficient (Wildman–Crippen LogP) is 3.70. The minimum atomic E-state index is 0.426. The van der Waals surface area contributed by atoms with Crippen molar-refractivity contribution in [2.45, 2.75) is 40.5 Å². The fourth-order valence-electron chi connectivity index (χ4n) is 1.50. The van der Waals surface area contributed by atoms with E-state index in [1.165, 1.54) is 12.0 Å². The zero-order chi connectivity index (χ0) is 10.6. The second-order valence-electron chi connectivity index (χ2n) is 4.81. The largest absolute Gasteiger partial charge is 0.264 e. The van der Waals surface area contributed by atoms with Gasteiger partial charge in [-0.25, -0.2) is 0 Å². The lowest BCUT2D eigenvalue weighted by atomic mass is 9.75. The van der Waals surface area contributed by atoms with Gasteiger partial charge in [-0.3, -0.25) is 4.98 Å². The van der Waals surface area contributed by atoms with E-state index < -0.39 is 0 Å². The van der Waals surface area contributed by atoms with Crippen LogP contribution in [0.1, 0.15) is 39.7 Å². The standard InChI is InChI=1S/C13H21N/c1-5-13(3,4)11(2)9-12-7-6-8-14-10-12/h6-8,10-11H,5,9H2,1-4H3. The number of aromatic nitrogens is 1. The van der Waals surface area contributed by atoms with Gasteiger partial charge < -0.3 is 0 Å². The molecule has 0 fully saturated rings. The third-order valence-corrected chi connectivity index (χ3v) is 3.51. The van der Waals surface area contributed by atoms with Gasteiger partial charge in [-0.2, -0.15) is 0 Å². The molecule has 1 aromatic heterocycles. The molecule has 0 N–H and O–H groups in total. The van der Waals surface area contributed by atoms with Crippen LogP contribution in [-0.4, -0.2) is 4.98 Å². The van der Waals surface area contributed by atoms with Crippen molar-refractivity contribution in [3.63, 3.8) is 0 Å². The van der Waals surface area contributed by atoms with Crippen molar-refractivity contribution in [2.24, 2.45) is 11.3 Å². The Labute approximate surface area is 87.6 Å². The molecule has 0 aromatic carbocycles. The summed E-state index contributed by atoms with van der Waals surface area (Å²) < 4.78 is 0. The van der Waals surface area contributed by atoms with Gasteiger partial charge in [-0.1, -0.05) is 40.2 Å². The molecule has 1 heteroatoms. The highest BCUT2D eigenvalue weighted by Crippen LogP contribution is 2.32. The van der Waals surface area contributed by atoms with Crippen LogP contribution in [-0.2, 0) is 6.42 Å². The van der Waals surface area contributed by atoms with Crippen LogP contribution in [0, 0.1) is 11.3 Å². The molecular formula is C13H21N. The Kier molecular flexibility index (Phi) is 3.68. The van der Waals surface area contributed by atoms with Gasteiger partial charge in [-0.05, 0) is 29.4 Å². The first kappa shape index (κ1) is 11.2. The molecule has 78 valence electrons. The quantitative estimate of drug-likeness (QED) is 0.707. The molecule has 0 aliphatic carbocycles. The lowest BCUT2D eigenvalue weighted by Crippen LogP contribution is -2.22. The Morgan fingerprint density at radius 3 is 2.64 bits per heavy atom. The van der Waals surface area contributed by atoms with Crippen molar-refractivity contribution in [3.05, 3.63) is 30.1 Å². The number of hydrogen-bond acceptors (Lipinski definition) is 1. The normalized spacial score (nSPS) is 14.0. The molecule has 0 saturated carbocycles. The van der Waals surface area contributed by atoms with Crippen LogP contribution in [0.25, 0.3) is 0 Å². The van der Waals surface area contributed by atoms with Gasteiger partial charge in [0.25, 0.3) is 0 Å². The van der Waals surface area contributed by atoms with Crippen molar-refractivity contribution in [2.75, 3.05) is 0 Å². The Balaban J connectivity index is 2.62. The van der Waals surface area contributed by atoms with Gasteiger partial charge >= 0.3 is 0 Å². The maximum atomic E-state index is 4.15. The molecule has 1 heterocycles. The first-order valence-electron chi connectivity index (χ1n) is 5.45. The summed E-state index contributed by atoms with van der Waals surface area (Å²) in [4.78, 5) is 4.15. The number of pyridine rings is 1. The summed E-state index contributed by atoms with van der Waals surface area (Å²) in [6, 6.07) is 4.18. The Morgan fingerprint density at radius 1 is 1.43 bits per heavy atom. The van der Waals surface area contributed by atoms with Gasteiger partial charge in [0.15, 0.2) is 0 Å². The van der Waals surface area contributed by atoms with Crippen molar-refractivity contribution in [1.29, 1.82) is 0 Å². The van der Waals surface area contributed by atoms with E-state index >= 15 is 0 Å². The van der Waals surface area contributed by atoms with E-state index in [0.717, 1.165) is 6.42 Å². The Morgan fingerprint density at radius 2 is 2.14 bits per heavy atom. The van der Waals surface area contributed by atoms with Crippen LogP contribution in [0.5, 0.6) is 0 Å². The highest BCUT2D eigenvalue weighted by atomic mass is 14.6. The molecule has 0 bridgehead atoms. The summed E-state index contributed by atoms with van der Waals surface area (Å²) in [6.45, 7) is 9.28. The Hall–Kier alpha value is -0.850. The molecule has 0 aliphatic rings. The van der Waals surface area contributed by atoms with Gasteiger partial charge in [0, 0.05) is 12.4 Å². The minimum absolute atomic E-state index is 0.426. The SMILES string of the molecule is CCC(C)(C)C(C)Cc1cccnc1. The molecule has 0 aliphatic heterocycles. The average Bonchev–Trinajstić information content (AvgIpc) is 2.19. The molecule has 1 aromatic rings. The molecule has 1 atom stereocenters. The molecule has 0 spiro atoms. The summed E-state index contributed by atoms with van der Waals surface area (Å²) in [7, 11) is 0. The summed E-state index contributed by atoms with van der Waals surface area (Å²) in [5, 5.41) is 0. The average molecular weight is 191 g/mol. The third-order valence-electron chi connectivity index (χ3n) is 3.51. The highest BCUT2D eigenvalue weighted by Gasteiger charge is 2.23. The van der Waals surface area contributed by atoms with E-state index in [1.807, 2.05) is 18.5 Å². The minimum Gasteiger partial charge on any atom is -0.264 e. The molecule has 14 heavy (non-hydrogen) atoms. The van der Waals surface area contributed by atoms with E-state index in [4.69, 9.17) is 0 Å². The van der Waals surface area contributed by atoms with Crippen LogP contribution in [0.15, 0.2) is 24.5 Å². The van der Waals surface area contributed by atoms with Crippen molar-refractivity contribution in [1.82, 2.24) is 4.98 Å². The zero-order valence-corrected chi connectivity index (χ0v) is 9.75. The summed E-state index contributed by atoms with van der Waals surface area (Å²) in [5.74, 6) is 0.705. The lowest BCUT2D eigenvalue weighted by molar-refractivity contribution is 0.220. The second kappa shape index (κ2) is 4.59. The summed E-state index contributed by atoms with van der Waals surface area (Å²) >= 11 is 0. The maximum Gasteiger partial charge on any atom is 0.0299 e. The lowest BCUT2D eigenvalue weighted by Gasteiger charge is -2.30. The van der Waals surface area contributed by atoms with Gasteiger partial charge in [0.2, 0.25) is 0 Å². The monoisotopic (exact) mass is 191 g/mol. The van der Waals surface area contributed by atoms with Crippen LogP contribution in [0.3, 0.4) is 0 Å². The first-order chi connectivity index (χ1) is 6.56. The van der Waals surface area contributed by atoms with E-state index in [9.17, 15) is 0 Å². The maximum absolute atomic E-state index is 4.15. The second-order valence-corrected chi connectivity index (χ2v) is 4.81. The molecular weight excluding hydrogens is 170 g/mol. The number of rotatable bonds is 4. The van der Waals surface area contributed by atoms with Crippen LogP contribution >= 0.6 is 0 Å². The number of hydrogen-bond donors (Lipinski definition) is 0. The van der Waals surface area contributed by atoms with Crippen LogP contribution in [0.4, 0.5) is 0 Å². The fraction of sp³-hybridized carbons (Fsp3) is 0.615. The fourth-order valence-corrected chi connectivity index (χ4v) is 1.50. The zero-order valence-electron chi connectivity index (χ0n) is 9.75. The third kappa shape index (κ3) is 2.83. The predicted molar refractivity (Wildman–Crippen MR) is 61.2 cm³/mol. The van der Waals surface area contributed by atoms with Crippen LogP contribution in [0.2, 0.25) is 0 Å². The molecule has 1 rings (SSSR count). The van der Waals surface area contributed by atoms with Gasteiger partial charge in [-0.15, -0.1) is 0 Å². The van der Waals surface area contributed by atoms with E-state index in [-0.39, 0.29) is 0 Å². The molecule has 1 nitrogen and oxygen atoms in total. The van der Waals surface area contributed by atoms with Crippen molar-refractivity contribution >= 4 is 0 Å². The Bertz CT molecular complexity index is 264. The number of nitrogens with zero attached hydrogens (tertiary/aromatic N) is 1.